The predicted octanol–water partition coefficient (Wildman–Crippen LogP) is 3.83. The summed E-state index contributed by atoms with van der Waals surface area (Å²) in [6.07, 6.45) is -2.17. The number of fused-ring (bicyclic) bond motifs is 1. The molecule has 3 aromatic rings. The molecule has 1 aliphatic carbocycles. The van der Waals surface area contributed by atoms with Crippen molar-refractivity contribution in [2.75, 3.05) is 0 Å². The normalized spacial score (nSPS) is 14.7. The second kappa shape index (κ2) is 6.58. The van der Waals surface area contributed by atoms with Gasteiger partial charge in [-0.25, -0.2) is 9.97 Å². The number of imidazole rings is 1. The molecule has 10 heteroatoms. The van der Waals surface area contributed by atoms with Crippen LogP contribution in [0.4, 0.5) is 13.2 Å². The van der Waals surface area contributed by atoms with Gasteiger partial charge in [-0.2, -0.15) is 18.4 Å². The largest absolute Gasteiger partial charge is 0.471 e. The average molecular weight is 417 g/mol. The summed E-state index contributed by atoms with van der Waals surface area (Å²) in [6.45, 7) is 3.21. The molecule has 0 atom stereocenters. The first-order valence-electron chi connectivity index (χ1n) is 9.27. The number of rotatable bonds is 4. The fourth-order valence-electron chi connectivity index (χ4n) is 3.33. The van der Waals surface area contributed by atoms with E-state index in [1.54, 1.807) is 33.0 Å². The van der Waals surface area contributed by atoms with Gasteiger partial charge in [-0.3, -0.25) is 9.36 Å². The first-order valence-corrected chi connectivity index (χ1v) is 9.27. The maximum Gasteiger partial charge on any atom is 0.431 e. The summed E-state index contributed by atoms with van der Waals surface area (Å²) >= 11 is 0. The molecule has 0 amide bonds. The molecule has 0 N–H and O–H groups in total. The molecule has 156 valence electrons. The van der Waals surface area contributed by atoms with Crippen molar-refractivity contribution in [2.45, 2.75) is 44.5 Å². The van der Waals surface area contributed by atoms with Gasteiger partial charge < -0.3 is 9.30 Å². The number of aryl methyl sites for hydroxylation is 1. The number of alkyl halides is 3. The highest BCUT2D eigenvalue weighted by Gasteiger charge is 2.40. The van der Waals surface area contributed by atoms with Crippen molar-refractivity contribution in [2.24, 2.45) is 7.05 Å². The summed E-state index contributed by atoms with van der Waals surface area (Å²) in [5, 5.41) is 9.06. The van der Waals surface area contributed by atoms with Gasteiger partial charge in [0, 0.05) is 13.1 Å². The molecule has 0 spiro atoms. The summed E-state index contributed by atoms with van der Waals surface area (Å²) in [5.74, 6) is 0.620. The Morgan fingerprint density at radius 1 is 1.27 bits per heavy atom. The van der Waals surface area contributed by atoms with Gasteiger partial charge in [-0.05, 0) is 44.9 Å². The molecule has 7 nitrogen and oxygen atoms in total. The third kappa shape index (κ3) is 3.40. The molecule has 0 aliphatic heterocycles. The highest BCUT2D eigenvalue weighted by atomic mass is 19.4. The molecule has 3 heterocycles. The number of aromatic nitrogens is 4. The number of halogens is 3. The van der Waals surface area contributed by atoms with Crippen molar-refractivity contribution in [1.29, 1.82) is 5.26 Å². The number of hydrogen-bond donors (Lipinski definition) is 0. The number of ether oxygens (including phenoxy) is 1. The van der Waals surface area contributed by atoms with Gasteiger partial charge in [0.2, 0.25) is 0 Å². The second-order valence-corrected chi connectivity index (χ2v) is 7.77. The maximum atomic E-state index is 13.5. The lowest BCUT2D eigenvalue weighted by molar-refractivity contribution is -0.144. The summed E-state index contributed by atoms with van der Waals surface area (Å²) in [5.41, 5.74) is -2.31. The van der Waals surface area contributed by atoms with Crippen LogP contribution in [0.2, 0.25) is 0 Å². The van der Waals surface area contributed by atoms with Crippen LogP contribution in [-0.2, 0) is 13.2 Å². The fourth-order valence-corrected chi connectivity index (χ4v) is 3.33. The monoisotopic (exact) mass is 417 g/mol. The minimum absolute atomic E-state index is 0.0329. The fraction of sp³-hybridized carbons (Fsp3) is 0.400. The smallest absolute Gasteiger partial charge is 0.431 e. The number of pyridine rings is 2. The summed E-state index contributed by atoms with van der Waals surface area (Å²) in [6, 6.07) is 5.66. The van der Waals surface area contributed by atoms with E-state index >= 15 is 0 Å². The van der Waals surface area contributed by atoms with Gasteiger partial charge in [0.15, 0.2) is 11.4 Å². The minimum atomic E-state index is -4.65. The Balaban J connectivity index is 1.82. The Labute approximate surface area is 169 Å². The molecule has 0 aromatic carbocycles. The van der Waals surface area contributed by atoms with Crippen LogP contribution in [0.15, 0.2) is 29.2 Å². The van der Waals surface area contributed by atoms with Gasteiger partial charge in [0.05, 0.1) is 11.7 Å². The molecule has 0 radical (unpaired) electrons. The highest BCUT2D eigenvalue weighted by Crippen LogP contribution is 2.40. The molecule has 1 fully saturated rings. The molecule has 1 aliphatic rings. The van der Waals surface area contributed by atoms with Crippen LogP contribution in [0.1, 0.15) is 38.4 Å². The van der Waals surface area contributed by atoms with Crippen LogP contribution in [-0.4, -0.2) is 24.7 Å². The van der Waals surface area contributed by atoms with Crippen LogP contribution in [0.5, 0.6) is 5.75 Å². The Bertz CT molecular complexity index is 1230. The van der Waals surface area contributed by atoms with Gasteiger partial charge in [0.25, 0.3) is 5.56 Å². The SMILES string of the molecule is Cn1c(-c2ccc(OC(C)(C)C#N)cn2)nc2cc(C(F)(F)F)n(C3CC3)c(=O)c21. The van der Waals surface area contributed by atoms with Gasteiger partial charge in [-0.15, -0.1) is 0 Å². The van der Waals surface area contributed by atoms with Crippen LogP contribution in [0.25, 0.3) is 22.6 Å². The van der Waals surface area contributed by atoms with E-state index in [1.807, 2.05) is 6.07 Å². The van der Waals surface area contributed by atoms with E-state index in [0.29, 0.717) is 24.3 Å². The van der Waals surface area contributed by atoms with E-state index in [9.17, 15) is 18.0 Å². The quantitative estimate of drug-likeness (QED) is 0.644. The molecule has 0 unspecified atom stereocenters. The second-order valence-electron chi connectivity index (χ2n) is 7.77. The Morgan fingerprint density at radius 2 is 1.97 bits per heavy atom. The molecular formula is C20H18F3N5O2. The third-order valence-corrected chi connectivity index (χ3v) is 4.89. The van der Waals surface area contributed by atoms with Gasteiger partial charge >= 0.3 is 6.18 Å². The summed E-state index contributed by atoms with van der Waals surface area (Å²) in [7, 11) is 1.57. The summed E-state index contributed by atoms with van der Waals surface area (Å²) < 4.78 is 48.4. The molecule has 0 saturated heterocycles. The zero-order chi connectivity index (χ0) is 21.8. The van der Waals surface area contributed by atoms with E-state index in [1.165, 1.54) is 10.8 Å². The first kappa shape index (κ1) is 19.9. The topological polar surface area (TPSA) is 85.7 Å². The van der Waals surface area contributed by atoms with E-state index in [-0.39, 0.29) is 16.9 Å². The van der Waals surface area contributed by atoms with E-state index < -0.39 is 29.1 Å². The van der Waals surface area contributed by atoms with E-state index in [4.69, 9.17) is 10.00 Å². The minimum Gasteiger partial charge on any atom is -0.471 e. The average Bonchev–Trinajstić information content (AvgIpc) is 3.44. The van der Waals surface area contributed by atoms with Crippen LogP contribution >= 0.6 is 0 Å². The van der Waals surface area contributed by atoms with Crippen molar-refractivity contribution in [3.05, 3.63) is 40.4 Å². The molecule has 3 aromatic heterocycles. The predicted molar refractivity (Wildman–Crippen MR) is 102 cm³/mol. The Kier molecular flexibility index (Phi) is 4.38. The third-order valence-electron chi connectivity index (χ3n) is 4.89. The maximum absolute atomic E-state index is 13.5. The van der Waals surface area contributed by atoms with Crippen LogP contribution < -0.4 is 10.3 Å². The number of nitriles is 1. The van der Waals surface area contributed by atoms with Gasteiger partial charge in [-0.1, -0.05) is 0 Å². The lowest BCUT2D eigenvalue weighted by Crippen LogP contribution is -2.28. The molecule has 4 rings (SSSR count). The van der Waals surface area contributed by atoms with Gasteiger partial charge in [0.1, 0.15) is 28.7 Å². The lowest BCUT2D eigenvalue weighted by Gasteiger charge is -2.17. The molecule has 30 heavy (non-hydrogen) atoms. The standard InChI is InChI=1S/C20H18F3N5O2/c1-19(2,10-24)30-12-6-7-13(25-9-12)17-26-14-8-15(20(21,22)23)28(11-4-5-11)18(29)16(14)27(17)3/h6-9,11H,4-5H2,1-3H3. The molecular weight excluding hydrogens is 399 g/mol. The first-order chi connectivity index (χ1) is 14.0. The lowest BCUT2D eigenvalue weighted by atomic mass is 10.2. The number of hydrogen-bond acceptors (Lipinski definition) is 5. The Hall–Kier alpha value is -3.35. The van der Waals surface area contributed by atoms with Crippen LogP contribution in [0.3, 0.4) is 0 Å². The van der Waals surface area contributed by atoms with E-state index in [0.717, 1.165) is 10.6 Å². The van der Waals surface area contributed by atoms with Crippen molar-refractivity contribution in [1.82, 2.24) is 19.1 Å². The molecule has 1 saturated carbocycles. The van der Waals surface area contributed by atoms with Crippen molar-refractivity contribution in [3.63, 3.8) is 0 Å². The van der Waals surface area contributed by atoms with Crippen LogP contribution in [0, 0.1) is 11.3 Å². The zero-order valence-corrected chi connectivity index (χ0v) is 16.5. The summed E-state index contributed by atoms with van der Waals surface area (Å²) in [4.78, 5) is 21.4. The molecule has 0 bridgehead atoms. The van der Waals surface area contributed by atoms with E-state index in [2.05, 4.69) is 9.97 Å². The highest BCUT2D eigenvalue weighted by molar-refractivity contribution is 5.79. The Morgan fingerprint density at radius 3 is 2.50 bits per heavy atom. The van der Waals surface area contributed by atoms with Crippen molar-refractivity contribution in [3.8, 4) is 23.3 Å². The zero-order valence-electron chi connectivity index (χ0n) is 16.5. The number of nitrogens with zero attached hydrogens (tertiary/aromatic N) is 5. The van der Waals surface area contributed by atoms with Crippen molar-refractivity contribution >= 4 is 11.0 Å². The van der Waals surface area contributed by atoms with Crippen molar-refractivity contribution < 1.29 is 17.9 Å².